The van der Waals surface area contributed by atoms with E-state index in [2.05, 4.69) is 27.3 Å². The Labute approximate surface area is 56.0 Å². The van der Waals surface area contributed by atoms with Crippen LogP contribution in [0.1, 0.15) is 0 Å². The molecule has 0 aromatic rings. The molecule has 0 atom stereocenters. The van der Waals surface area contributed by atoms with Crippen molar-refractivity contribution in [3.63, 3.8) is 0 Å². The standard InChI is InChI=1S/2C2H7B.H2S/c2*1-3-2;/h2*3H,1-2H3;1H2. The Bertz CT molecular complexity index is 11.7. The third-order valence-corrected chi connectivity index (χ3v) is 0. The molecule has 0 spiro atoms. The molecule has 0 heterocycles. The molecule has 7 heavy (non-hydrogen) atoms. The van der Waals surface area contributed by atoms with Crippen molar-refractivity contribution in [3.8, 4) is 0 Å². The molecule has 0 N–H and O–H groups in total. The summed E-state index contributed by atoms with van der Waals surface area (Å²) in [7, 11) is 2.50. The predicted molar refractivity (Wildman–Crippen MR) is 48.1 cm³/mol. The first-order chi connectivity index (χ1) is 2.83. The SMILES string of the molecule is CBC.CBC.S. The monoisotopic (exact) mass is 118 g/mol. The Kier molecular flexibility index (Phi) is 70.7. The van der Waals surface area contributed by atoms with Crippen molar-refractivity contribution in [2.75, 3.05) is 0 Å². The molecule has 0 bridgehead atoms. The Morgan fingerprint density at radius 2 is 0.714 bits per heavy atom. The van der Waals surface area contributed by atoms with Crippen LogP contribution >= 0.6 is 13.5 Å². The molecule has 0 unspecified atom stereocenters. The quantitative estimate of drug-likeness (QED) is 0.418. The molecule has 0 aliphatic carbocycles. The maximum absolute atomic E-state index is 2.12. The van der Waals surface area contributed by atoms with Crippen LogP contribution < -0.4 is 0 Å². The van der Waals surface area contributed by atoms with Gasteiger partial charge in [-0.3, -0.25) is 0 Å². The van der Waals surface area contributed by atoms with Crippen molar-refractivity contribution in [2.24, 2.45) is 0 Å². The highest BCUT2D eigenvalue weighted by atomic mass is 32.1. The molecule has 0 aliphatic rings. The second kappa shape index (κ2) is 31.6. The van der Waals surface area contributed by atoms with Crippen LogP contribution in [-0.4, -0.2) is 14.6 Å². The molecule has 0 aromatic carbocycles. The van der Waals surface area contributed by atoms with Gasteiger partial charge in [-0.1, -0.05) is 27.3 Å². The maximum atomic E-state index is 2.12. The van der Waals surface area contributed by atoms with Crippen molar-refractivity contribution in [1.29, 1.82) is 0 Å². The van der Waals surface area contributed by atoms with Crippen molar-refractivity contribution < 1.29 is 0 Å². The van der Waals surface area contributed by atoms with E-state index in [-0.39, 0.29) is 13.5 Å². The van der Waals surface area contributed by atoms with Crippen molar-refractivity contribution >= 4 is 28.1 Å². The second-order valence-electron chi connectivity index (χ2n) is 1.41. The lowest BCUT2D eigenvalue weighted by Crippen LogP contribution is -1.53. The maximum Gasteiger partial charge on any atom is 0.114 e. The fourth-order valence-electron chi connectivity index (χ4n) is 0. The first-order valence-electron chi connectivity index (χ1n) is 2.83. The molecule has 44 valence electrons. The predicted octanol–water partition coefficient (Wildman–Crippen LogP) is 1.15. The average Bonchev–Trinajstić information content (AvgIpc) is 1.39. The van der Waals surface area contributed by atoms with Crippen molar-refractivity contribution in [1.82, 2.24) is 0 Å². The van der Waals surface area contributed by atoms with Crippen molar-refractivity contribution in [2.45, 2.75) is 27.3 Å². The summed E-state index contributed by atoms with van der Waals surface area (Å²) in [6.07, 6.45) is 0. The molecule has 0 radical (unpaired) electrons. The van der Waals surface area contributed by atoms with E-state index in [4.69, 9.17) is 0 Å². The summed E-state index contributed by atoms with van der Waals surface area (Å²) in [5, 5.41) is 0. The van der Waals surface area contributed by atoms with Gasteiger partial charge in [0.2, 0.25) is 0 Å². The van der Waals surface area contributed by atoms with Crippen LogP contribution in [0.25, 0.3) is 0 Å². The van der Waals surface area contributed by atoms with Crippen LogP contribution in [0, 0.1) is 0 Å². The Hall–Kier alpha value is 0.480. The lowest BCUT2D eigenvalue weighted by Gasteiger charge is -1.41. The Morgan fingerprint density at radius 1 is 0.714 bits per heavy atom. The fraction of sp³-hybridized carbons (Fsp3) is 1.00. The molecule has 0 aromatic heterocycles. The number of hydrogen-bond acceptors (Lipinski definition) is 0. The van der Waals surface area contributed by atoms with Crippen LogP contribution in [0.4, 0.5) is 0 Å². The zero-order valence-electron chi connectivity index (χ0n) is 5.91. The minimum Gasteiger partial charge on any atom is -0.197 e. The van der Waals surface area contributed by atoms with Crippen LogP contribution in [0.15, 0.2) is 0 Å². The third-order valence-electron chi connectivity index (χ3n) is 0. The van der Waals surface area contributed by atoms with Gasteiger partial charge in [0, 0.05) is 0 Å². The molecule has 3 heteroatoms. The van der Waals surface area contributed by atoms with E-state index < -0.39 is 0 Å². The van der Waals surface area contributed by atoms with Gasteiger partial charge in [0.1, 0.15) is 14.6 Å². The molecule has 0 saturated heterocycles. The lowest BCUT2D eigenvalue weighted by atomic mass is 9.88. The Balaban J connectivity index is -0.0000000400. The molecule has 0 aliphatic heterocycles. The van der Waals surface area contributed by atoms with Gasteiger partial charge in [0.25, 0.3) is 0 Å². The average molecular weight is 118 g/mol. The van der Waals surface area contributed by atoms with Crippen LogP contribution in [0.5, 0.6) is 0 Å². The molecular weight excluding hydrogens is 102 g/mol. The second-order valence-corrected chi connectivity index (χ2v) is 1.41. The van der Waals surface area contributed by atoms with Gasteiger partial charge in [-0.15, -0.1) is 0 Å². The minimum absolute atomic E-state index is 0. The first kappa shape index (κ1) is 15.6. The molecule has 0 rings (SSSR count). The summed E-state index contributed by atoms with van der Waals surface area (Å²) >= 11 is 0. The summed E-state index contributed by atoms with van der Waals surface area (Å²) in [5.74, 6) is 0. The fourth-order valence-corrected chi connectivity index (χ4v) is 0. The van der Waals surface area contributed by atoms with E-state index >= 15 is 0 Å². The molecule has 0 fully saturated rings. The summed E-state index contributed by atoms with van der Waals surface area (Å²) in [4.78, 5) is 0. The van der Waals surface area contributed by atoms with Crippen LogP contribution in [0.2, 0.25) is 27.3 Å². The molecule has 0 saturated carbocycles. The summed E-state index contributed by atoms with van der Waals surface area (Å²) in [6, 6.07) is 0. The summed E-state index contributed by atoms with van der Waals surface area (Å²) in [6.45, 7) is 8.50. The van der Waals surface area contributed by atoms with Crippen molar-refractivity contribution in [3.05, 3.63) is 0 Å². The zero-order chi connectivity index (χ0) is 5.41. The third kappa shape index (κ3) is 565. The summed E-state index contributed by atoms with van der Waals surface area (Å²) in [5.41, 5.74) is 0. The van der Waals surface area contributed by atoms with Gasteiger partial charge >= 0.3 is 0 Å². The largest absolute Gasteiger partial charge is 0.197 e. The van der Waals surface area contributed by atoms with E-state index in [1.54, 1.807) is 0 Å². The van der Waals surface area contributed by atoms with Crippen LogP contribution in [-0.2, 0) is 0 Å². The van der Waals surface area contributed by atoms with E-state index in [0.717, 1.165) is 0 Å². The molecular formula is C4H16B2S. The lowest BCUT2D eigenvalue weighted by molar-refractivity contribution is 2.14. The topological polar surface area (TPSA) is 0 Å². The zero-order valence-corrected chi connectivity index (χ0v) is 6.91. The number of rotatable bonds is 0. The van der Waals surface area contributed by atoms with E-state index in [9.17, 15) is 0 Å². The smallest absolute Gasteiger partial charge is 0.114 e. The molecule has 0 nitrogen and oxygen atoms in total. The van der Waals surface area contributed by atoms with Gasteiger partial charge < -0.3 is 0 Å². The van der Waals surface area contributed by atoms with Gasteiger partial charge in [-0.2, -0.15) is 13.5 Å². The summed E-state index contributed by atoms with van der Waals surface area (Å²) < 4.78 is 0. The normalized spacial score (nSPS) is 4.00. The van der Waals surface area contributed by atoms with Gasteiger partial charge in [-0.25, -0.2) is 0 Å². The van der Waals surface area contributed by atoms with E-state index in [0.29, 0.717) is 0 Å². The van der Waals surface area contributed by atoms with Crippen LogP contribution in [0.3, 0.4) is 0 Å². The van der Waals surface area contributed by atoms with Gasteiger partial charge in [-0.05, 0) is 0 Å². The first-order valence-corrected chi connectivity index (χ1v) is 2.83. The van der Waals surface area contributed by atoms with Gasteiger partial charge in [0.15, 0.2) is 0 Å². The highest BCUT2D eigenvalue weighted by molar-refractivity contribution is 7.59. The minimum atomic E-state index is 0. The molecule has 0 amide bonds. The van der Waals surface area contributed by atoms with E-state index in [1.165, 1.54) is 14.6 Å². The van der Waals surface area contributed by atoms with E-state index in [1.807, 2.05) is 0 Å². The Morgan fingerprint density at radius 3 is 0.714 bits per heavy atom. The van der Waals surface area contributed by atoms with Gasteiger partial charge in [0.05, 0.1) is 0 Å². The highest BCUT2D eigenvalue weighted by Gasteiger charge is 1.43. The highest BCUT2D eigenvalue weighted by Crippen LogP contribution is 1.37. The number of hydrogen-bond donors (Lipinski definition) is 0.